The average Bonchev–Trinajstić information content (AvgIpc) is 3.02. The Hall–Kier alpha value is -0.420. The fraction of sp³-hybridized carbons (Fsp3) is 0.905. The number of hydrogen-bond donors (Lipinski definition) is 3. The van der Waals surface area contributed by atoms with Crippen LogP contribution in [0.25, 0.3) is 0 Å². The maximum absolute atomic E-state index is 11.4. The summed E-state index contributed by atoms with van der Waals surface area (Å²) in [6.07, 6.45) is 3.70. The van der Waals surface area contributed by atoms with Gasteiger partial charge >= 0.3 is 0 Å². The lowest BCUT2D eigenvalue weighted by Crippen LogP contribution is -2.72. The monoisotopic (exact) mass is 345 g/mol. The molecule has 3 unspecified atom stereocenters. The fourth-order valence-electron chi connectivity index (χ4n) is 9.94. The minimum absolute atomic E-state index is 0.0158. The predicted octanol–water partition coefficient (Wildman–Crippen LogP) is 1.40. The van der Waals surface area contributed by atoms with E-state index in [0.717, 1.165) is 44.2 Å². The van der Waals surface area contributed by atoms with Crippen LogP contribution < -0.4 is 0 Å². The normalized spacial score (nSPS) is 67.6. The third-order valence-corrected chi connectivity index (χ3v) is 10.3. The Balaban J connectivity index is 1.63. The molecule has 7 aliphatic rings. The number of aliphatic hydroxyl groups excluding tert-OH is 3. The Bertz CT molecular complexity index is 680. The summed E-state index contributed by atoms with van der Waals surface area (Å²) in [5.41, 5.74) is 0.609. The van der Waals surface area contributed by atoms with E-state index < -0.39 is 12.2 Å². The largest absolute Gasteiger partial charge is 0.392 e. The Morgan fingerprint density at radius 2 is 1.92 bits per heavy atom. The zero-order chi connectivity index (χ0) is 17.5. The summed E-state index contributed by atoms with van der Waals surface area (Å²) in [5, 5.41) is 34.1. The number of rotatable bonds is 0. The molecule has 0 aromatic rings. The van der Waals surface area contributed by atoms with Crippen molar-refractivity contribution in [3.63, 3.8) is 0 Å². The van der Waals surface area contributed by atoms with E-state index >= 15 is 0 Å². The molecule has 0 radical (unpaired) electrons. The number of piperidine rings is 1. The van der Waals surface area contributed by atoms with Gasteiger partial charge in [-0.05, 0) is 62.0 Å². The Morgan fingerprint density at radius 1 is 1.16 bits per heavy atom. The summed E-state index contributed by atoms with van der Waals surface area (Å²) in [6.45, 7) is 7.70. The smallest absolute Gasteiger partial charge is 0.0814 e. The Kier molecular flexibility index (Phi) is 2.62. The zero-order valence-electron chi connectivity index (χ0n) is 15.4. The quantitative estimate of drug-likeness (QED) is 0.581. The first-order valence-electron chi connectivity index (χ1n) is 10.2. The van der Waals surface area contributed by atoms with E-state index in [1.807, 2.05) is 0 Å². The molecule has 4 heteroatoms. The maximum Gasteiger partial charge on any atom is 0.0814 e. The van der Waals surface area contributed by atoms with Crippen molar-refractivity contribution >= 4 is 0 Å². The molecule has 7 fully saturated rings. The molecule has 1 saturated heterocycles. The second kappa shape index (κ2) is 4.19. The average molecular weight is 345 g/mol. The van der Waals surface area contributed by atoms with Crippen molar-refractivity contribution in [2.24, 2.45) is 39.9 Å². The molecule has 138 valence electrons. The van der Waals surface area contributed by atoms with E-state index in [1.165, 1.54) is 0 Å². The molecular weight excluding hydrogens is 314 g/mol. The van der Waals surface area contributed by atoms with Gasteiger partial charge in [-0.25, -0.2) is 0 Å². The topological polar surface area (TPSA) is 63.9 Å². The molecule has 4 nitrogen and oxygen atoms in total. The van der Waals surface area contributed by atoms with Gasteiger partial charge in [0.15, 0.2) is 0 Å². The molecule has 1 aliphatic heterocycles. The first-order chi connectivity index (χ1) is 11.8. The SMILES string of the molecule is C=C1[C@H]2CC[C@]3(C([C@H]2O)[C@@]24C5[C@H]3CC2[C@@](C)(CC[C@@H]4O)CN5C)[C@@H]1O. The van der Waals surface area contributed by atoms with E-state index in [0.29, 0.717) is 17.9 Å². The Labute approximate surface area is 149 Å². The lowest BCUT2D eigenvalue weighted by molar-refractivity contribution is -0.255. The first-order valence-corrected chi connectivity index (χ1v) is 10.2. The molecule has 0 amide bonds. The van der Waals surface area contributed by atoms with Crippen molar-refractivity contribution in [2.75, 3.05) is 13.6 Å². The highest BCUT2D eigenvalue weighted by Crippen LogP contribution is 2.83. The van der Waals surface area contributed by atoms with Gasteiger partial charge in [0.1, 0.15) is 0 Å². The molecule has 7 bridgehead atoms. The van der Waals surface area contributed by atoms with Crippen molar-refractivity contribution in [1.82, 2.24) is 4.90 Å². The molecule has 3 N–H and O–H groups in total. The van der Waals surface area contributed by atoms with Crippen molar-refractivity contribution in [1.29, 1.82) is 0 Å². The van der Waals surface area contributed by atoms with Gasteiger partial charge in [-0.3, -0.25) is 0 Å². The standard InChI is InChI=1S/C21H31NO3/c1-10-11-4-7-20(18(10)25)12-8-13-19(2)6-5-14(23)21(13,16(20)15(11)24)17(12)22(3)9-19/h11-18,23-25H,1,4-9H2,2-3H3/t11-,12-,13?,14+,15+,16?,17?,18-,19+,20+,21-/m1/s1. The minimum atomic E-state index is -0.501. The molecule has 1 heterocycles. The van der Waals surface area contributed by atoms with E-state index in [9.17, 15) is 15.3 Å². The van der Waals surface area contributed by atoms with Gasteiger partial charge in [0.05, 0.1) is 18.3 Å². The molecule has 6 aliphatic carbocycles. The van der Waals surface area contributed by atoms with Crippen LogP contribution in [0.5, 0.6) is 0 Å². The van der Waals surface area contributed by atoms with Crippen LogP contribution in [-0.2, 0) is 0 Å². The van der Waals surface area contributed by atoms with Crippen molar-refractivity contribution < 1.29 is 15.3 Å². The van der Waals surface area contributed by atoms with Gasteiger partial charge in [0.2, 0.25) is 0 Å². The molecule has 2 spiro atoms. The molecule has 25 heavy (non-hydrogen) atoms. The Morgan fingerprint density at radius 3 is 2.68 bits per heavy atom. The summed E-state index contributed by atoms with van der Waals surface area (Å²) in [4.78, 5) is 2.50. The highest BCUT2D eigenvalue weighted by atomic mass is 16.3. The number of likely N-dealkylation sites (tertiary alicyclic amines) is 1. The number of hydrogen-bond acceptors (Lipinski definition) is 4. The van der Waals surface area contributed by atoms with Crippen molar-refractivity contribution in [3.8, 4) is 0 Å². The van der Waals surface area contributed by atoms with E-state index in [1.54, 1.807) is 0 Å². The molecule has 7 rings (SSSR count). The van der Waals surface area contributed by atoms with Gasteiger partial charge in [-0.15, -0.1) is 0 Å². The third-order valence-electron chi connectivity index (χ3n) is 10.3. The van der Waals surface area contributed by atoms with E-state index in [-0.39, 0.29) is 34.2 Å². The number of fused-ring (bicyclic) bond motifs is 2. The van der Waals surface area contributed by atoms with Crippen LogP contribution in [-0.4, -0.2) is 58.2 Å². The molecule has 6 saturated carbocycles. The van der Waals surface area contributed by atoms with Crippen LogP contribution >= 0.6 is 0 Å². The van der Waals surface area contributed by atoms with Crippen molar-refractivity contribution in [3.05, 3.63) is 12.2 Å². The zero-order valence-corrected chi connectivity index (χ0v) is 15.4. The van der Waals surface area contributed by atoms with Crippen LogP contribution in [0.2, 0.25) is 0 Å². The highest BCUT2D eigenvalue weighted by molar-refractivity contribution is 5.39. The highest BCUT2D eigenvalue weighted by Gasteiger charge is 2.85. The lowest BCUT2D eigenvalue weighted by atomic mass is 9.38. The number of nitrogens with zero attached hydrogens (tertiary/aromatic N) is 1. The lowest BCUT2D eigenvalue weighted by Gasteiger charge is -2.68. The van der Waals surface area contributed by atoms with Crippen LogP contribution in [0.15, 0.2) is 12.2 Å². The van der Waals surface area contributed by atoms with Crippen LogP contribution in [0, 0.1) is 39.9 Å². The summed E-state index contributed by atoms with van der Waals surface area (Å²) >= 11 is 0. The van der Waals surface area contributed by atoms with Gasteiger partial charge < -0.3 is 20.2 Å². The molecule has 11 atom stereocenters. The van der Waals surface area contributed by atoms with Gasteiger partial charge in [-0.1, -0.05) is 13.5 Å². The van der Waals surface area contributed by atoms with Gasteiger partial charge in [-0.2, -0.15) is 0 Å². The summed E-state index contributed by atoms with van der Waals surface area (Å²) in [7, 11) is 2.22. The summed E-state index contributed by atoms with van der Waals surface area (Å²) < 4.78 is 0. The second-order valence-corrected chi connectivity index (χ2v) is 10.7. The predicted molar refractivity (Wildman–Crippen MR) is 93.6 cm³/mol. The maximum atomic E-state index is 11.4. The van der Waals surface area contributed by atoms with Crippen LogP contribution in [0.1, 0.15) is 39.0 Å². The summed E-state index contributed by atoms with van der Waals surface area (Å²) in [6, 6.07) is 0.305. The fourth-order valence-corrected chi connectivity index (χ4v) is 9.94. The molecular formula is C21H31NO3. The van der Waals surface area contributed by atoms with E-state index in [4.69, 9.17) is 0 Å². The second-order valence-electron chi connectivity index (χ2n) is 10.7. The minimum Gasteiger partial charge on any atom is -0.392 e. The van der Waals surface area contributed by atoms with E-state index in [2.05, 4.69) is 25.5 Å². The third kappa shape index (κ3) is 1.28. The van der Waals surface area contributed by atoms with Gasteiger partial charge in [0.25, 0.3) is 0 Å². The summed E-state index contributed by atoms with van der Waals surface area (Å²) in [5.74, 6) is 0.914. The molecule has 0 aromatic heterocycles. The first kappa shape index (κ1) is 15.6. The number of aliphatic hydroxyl groups is 3. The van der Waals surface area contributed by atoms with Crippen LogP contribution in [0.4, 0.5) is 0 Å². The van der Waals surface area contributed by atoms with Crippen LogP contribution in [0.3, 0.4) is 0 Å². The van der Waals surface area contributed by atoms with Crippen molar-refractivity contribution in [2.45, 2.75) is 63.4 Å². The molecule has 0 aromatic carbocycles. The van der Waals surface area contributed by atoms with Gasteiger partial charge in [0, 0.05) is 35.3 Å².